The molecule has 0 radical (unpaired) electrons. The van der Waals surface area contributed by atoms with Crippen LogP contribution in [-0.4, -0.2) is 33.7 Å². The lowest BCUT2D eigenvalue weighted by atomic mass is 9.74. The van der Waals surface area contributed by atoms with E-state index in [4.69, 9.17) is 4.74 Å². The van der Waals surface area contributed by atoms with E-state index >= 15 is 0 Å². The number of aryl methyl sites for hydroxylation is 2. The normalized spacial score (nSPS) is 29.4. The third-order valence-corrected chi connectivity index (χ3v) is 4.47. The third-order valence-electron chi connectivity index (χ3n) is 4.47. The Bertz CT molecular complexity index is 405. The van der Waals surface area contributed by atoms with E-state index in [0.29, 0.717) is 5.92 Å². The van der Waals surface area contributed by atoms with Crippen molar-refractivity contribution in [3.8, 4) is 0 Å². The third kappa shape index (κ3) is 3.37. The van der Waals surface area contributed by atoms with E-state index in [1.807, 2.05) is 19.4 Å². The summed E-state index contributed by atoms with van der Waals surface area (Å²) in [6.45, 7) is 2.25. The number of hydrogen-bond acceptors (Lipinski definition) is 3. The highest BCUT2D eigenvalue weighted by Gasteiger charge is 2.41. The van der Waals surface area contributed by atoms with Gasteiger partial charge in [0.25, 0.3) is 0 Å². The number of aliphatic hydroxyl groups is 1. The highest BCUT2D eigenvalue weighted by Crippen LogP contribution is 2.38. The lowest BCUT2D eigenvalue weighted by Crippen LogP contribution is -2.47. The average Bonchev–Trinajstić information content (AvgIpc) is 2.81. The Hall–Kier alpha value is -0.870. The van der Waals surface area contributed by atoms with Gasteiger partial charge in [-0.2, -0.15) is 5.10 Å². The summed E-state index contributed by atoms with van der Waals surface area (Å²) in [4.78, 5) is 0. The molecule has 3 atom stereocenters. The zero-order chi connectivity index (χ0) is 13.9. The number of ether oxygens (including phenoxy) is 1. The van der Waals surface area contributed by atoms with Crippen molar-refractivity contribution >= 4 is 0 Å². The summed E-state index contributed by atoms with van der Waals surface area (Å²) < 4.78 is 7.54. The average molecular weight is 266 g/mol. The summed E-state index contributed by atoms with van der Waals surface area (Å²) in [5.41, 5.74) is 0.844. The van der Waals surface area contributed by atoms with Gasteiger partial charge in [0.1, 0.15) is 0 Å². The molecule has 1 aliphatic rings. The van der Waals surface area contributed by atoms with Gasteiger partial charge in [-0.3, -0.25) is 4.68 Å². The molecule has 4 heteroatoms. The fourth-order valence-electron chi connectivity index (χ4n) is 3.34. The van der Waals surface area contributed by atoms with Gasteiger partial charge in [-0.25, -0.2) is 0 Å². The van der Waals surface area contributed by atoms with Gasteiger partial charge in [0.05, 0.1) is 17.9 Å². The maximum atomic E-state index is 10.6. The molecule has 0 saturated heterocycles. The van der Waals surface area contributed by atoms with Crippen molar-refractivity contribution in [1.82, 2.24) is 9.78 Å². The van der Waals surface area contributed by atoms with Crippen LogP contribution in [0.15, 0.2) is 12.4 Å². The summed E-state index contributed by atoms with van der Waals surface area (Å²) in [5, 5.41) is 14.7. The van der Waals surface area contributed by atoms with E-state index in [2.05, 4.69) is 12.0 Å². The van der Waals surface area contributed by atoms with Gasteiger partial charge in [0, 0.05) is 20.4 Å². The molecular formula is C15H26N2O2. The number of methoxy groups -OCH3 is 1. The Morgan fingerprint density at radius 1 is 1.63 bits per heavy atom. The second-order valence-electron chi connectivity index (χ2n) is 6.05. The molecule has 1 heterocycles. The first-order valence-electron chi connectivity index (χ1n) is 7.26. The van der Waals surface area contributed by atoms with E-state index in [1.165, 1.54) is 12.0 Å². The Kier molecular flexibility index (Phi) is 4.63. The molecule has 1 aromatic heterocycles. The van der Waals surface area contributed by atoms with Crippen molar-refractivity contribution < 1.29 is 9.84 Å². The van der Waals surface area contributed by atoms with Gasteiger partial charge in [-0.1, -0.05) is 19.8 Å². The summed E-state index contributed by atoms with van der Waals surface area (Å²) >= 11 is 0. The minimum Gasteiger partial charge on any atom is -0.390 e. The fourth-order valence-corrected chi connectivity index (χ4v) is 3.34. The molecule has 2 rings (SSSR count). The zero-order valence-electron chi connectivity index (χ0n) is 12.3. The van der Waals surface area contributed by atoms with Crippen molar-refractivity contribution in [2.45, 2.75) is 57.2 Å². The molecule has 3 unspecified atom stereocenters. The largest absolute Gasteiger partial charge is 0.390 e. The number of nitrogens with zero attached hydrogens (tertiary/aromatic N) is 2. The van der Waals surface area contributed by atoms with Crippen LogP contribution < -0.4 is 0 Å². The molecule has 0 aliphatic heterocycles. The van der Waals surface area contributed by atoms with Gasteiger partial charge >= 0.3 is 0 Å². The van der Waals surface area contributed by atoms with Crippen LogP contribution in [0.5, 0.6) is 0 Å². The van der Waals surface area contributed by atoms with Crippen LogP contribution in [-0.2, 0) is 18.2 Å². The van der Waals surface area contributed by atoms with Crippen LogP contribution in [0, 0.1) is 5.92 Å². The zero-order valence-corrected chi connectivity index (χ0v) is 12.3. The molecule has 1 aliphatic carbocycles. The first-order chi connectivity index (χ1) is 9.05. The van der Waals surface area contributed by atoms with Crippen molar-refractivity contribution in [2.75, 3.05) is 7.11 Å². The standard InChI is InChI=1S/C15H26N2O2/c1-12-5-4-8-15(9-12,19-3)14(18)7-6-13-10-16-17(2)11-13/h10-12,14,18H,4-9H2,1-3H3. The van der Waals surface area contributed by atoms with Crippen LogP contribution in [0.4, 0.5) is 0 Å². The molecule has 0 spiro atoms. The smallest absolute Gasteiger partial charge is 0.0939 e. The maximum Gasteiger partial charge on any atom is 0.0939 e. The molecule has 1 saturated carbocycles. The van der Waals surface area contributed by atoms with Gasteiger partial charge in [0.2, 0.25) is 0 Å². The fraction of sp³-hybridized carbons (Fsp3) is 0.800. The van der Waals surface area contributed by atoms with Crippen LogP contribution in [0.1, 0.15) is 44.6 Å². The quantitative estimate of drug-likeness (QED) is 0.889. The van der Waals surface area contributed by atoms with E-state index in [0.717, 1.165) is 32.1 Å². The van der Waals surface area contributed by atoms with Crippen molar-refractivity contribution in [3.05, 3.63) is 18.0 Å². The molecule has 4 nitrogen and oxygen atoms in total. The number of hydrogen-bond donors (Lipinski definition) is 1. The molecule has 1 aromatic rings. The second-order valence-corrected chi connectivity index (χ2v) is 6.05. The maximum absolute atomic E-state index is 10.6. The van der Waals surface area contributed by atoms with Gasteiger partial charge in [0.15, 0.2) is 0 Å². The molecule has 1 fully saturated rings. The van der Waals surface area contributed by atoms with Crippen LogP contribution >= 0.6 is 0 Å². The predicted molar refractivity (Wildman–Crippen MR) is 74.9 cm³/mol. The monoisotopic (exact) mass is 266 g/mol. The van der Waals surface area contributed by atoms with Crippen LogP contribution in [0.2, 0.25) is 0 Å². The van der Waals surface area contributed by atoms with Crippen molar-refractivity contribution in [1.29, 1.82) is 0 Å². The number of aromatic nitrogens is 2. The molecule has 1 N–H and O–H groups in total. The van der Waals surface area contributed by atoms with E-state index in [9.17, 15) is 5.11 Å². The summed E-state index contributed by atoms with van der Waals surface area (Å²) in [5.74, 6) is 0.641. The first kappa shape index (κ1) is 14.5. The number of rotatable bonds is 5. The summed E-state index contributed by atoms with van der Waals surface area (Å²) in [6.07, 6.45) is 9.44. The summed E-state index contributed by atoms with van der Waals surface area (Å²) in [6, 6.07) is 0. The van der Waals surface area contributed by atoms with Gasteiger partial charge < -0.3 is 9.84 Å². The second kappa shape index (κ2) is 6.06. The minimum absolute atomic E-state index is 0.333. The Morgan fingerprint density at radius 3 is 3.00 bits per heavy atom. The molecule has 0 amide bonds. The highest BCUT2D eigenvalue weighted by atomic mass is 16.5. The SMILES string of the molecule is COC1(C(O)CCc2cnn(C)c2)CCCC(C)C1. The minimum atomic E-state index is -0.388. The van der Waals surface area contributed by atoms with Crippen molar-refractivity contribution in [3.63, 3.8) is 0 Å². The highest BCUT2D eigenvalue weighted by molar-refractivity contribution is 5.05. The lowest BCUT2D eigenvalue weighted by Gasteiger charge is -2.42. The Morgan fingerprint density at radius 2 is 2.42 bits per heavy atom. The van der Waals surface area contributed by atoms with E-state index in [-0.39, 0.29) is 11.7 Å². The molecule has 108 valence electrons. The lowest BCUT2D eigenvalue weighted by molar-refractivity contribution is -0.133. The molecule has 0 aromatic carbocycles. The molecule has 0 bridgehead atoms. The molecule has 19 heavy (non-hydrogen) atoms. The van der Waals surface area contributed by atoms with Gasteiger partial charge in [-0.15, -0.1) is 0 Å². The van der Waals surface area contributed by atoms with Crippen LogP contribution in [0.3, 0.4) is 0 Å². The van der Waals surface area contributed by atoms with Gasteiger partial charge in [-0.05, 0) is 37.2 Å². The van der Waals surface area contributed by atoms with Crippen molar-refractivity contribution in [2.24, 2.45) is 13.0 Å². The Labute approximate surface area is 115 Å². The topological polar surface area (TPSA) is 47.3 Å². The summed E-state index contributed by atoms with van der Waals surface area (Å²) in [7, 11) is 3.66. The first-order valence-corrected chi connectivity index (χ1v) is 7.26. The Balaban J connectivity index is 1.94. The van der Waals surface area contributed by atoms with E-state index in [1.54, 1.807) is 11.8 Å². The molecular weight excluding hydrogens is 240 g/mol. The van der Waals surface area contributed by atoms with Crippen LogP contribution in [0.25, 0.3) is 0 Å². The predicted octanol–water partition coefficient (Wildman–Crippen LogP) is 2.31. The number of aliphatic hydroxyl groups excluding tert-OH is 1. The van der Waals surface area contributed by atoms with E-state index < -0.39 is 0 Å².